The Morgan fingerprint density at radius 3 is 2.45 bits per heavy atom. The van der Waals surface area contributed by atoms with Crippen molar-refractivity contribution in [1.82, 2.24) is 29.5 Å². The van der Waals surface area contributed by atoms with Crippen molar-refractivity contribution in [3.05, 3.63) is 87.5 Å². The zero-order valence-corrected chi connectivity index (χ0v) is 22.6. The van der Waals surface area contributed by atoms with Gasteiger partial charge in [0.25, 0.3) is 5.56 Å². The van der Waals surface area contributed by atoms with Crippen LogP contribution in [0.4, 0.5) is 11.5 Å². The smallest absolute Gasteiger partial charge is 0.263 e. The predicted molar refractivity (Wildman–Crippen MR) is 151 cm³/mol. The Balaban J connectivity index is 1.30. The summed E-state index contributed by atoms with van der Waals surface area (Å²) >= 11 is 0. The summed E-state index contributed by atoms with van der Waals surface area (Å²) in [4.78, 5) is 48.1. The molecule has 11 nitrogen and oxygen atoms in total. The molecule has 1 unspecified atom stereocenters. The molecule has 40 heavy (non-hydrogen) atoms. The van der Waals surface area contributed by atoms with Gasteiger partial charge < -0.3 is 10.2 Å². The lowest BCUT2D eigenvalue weighted by atomic mass is 10.1. The maximum absolute atomic E-state index is 13.3. The van der Waals surface area contributed by atoms with Crippen LogP contribution in [-0.4, -0.2) is 47.9 Å². The lowest BCUT2D eigenvalue weighted by Gasteiger charge is -2.17. The van der Waals surface area contributed by atoms with Gasteiger partial charge in [0.05, 0.1) is 23.5 Å². The number of benzene rings is 2. The third-order valence-electron chi connectivity index (χ3n) is 7.29. The first kappa shape index (κ1) is 25.2. The Kier molecular flexibility index (Phi) is 6.05. The summed E-state index contributed by atoms with van der Waals surface area (Å²) in [5, 5.41) is 12.1. The van der Waals surface area contributed by atoms with Gasteiger partial charge in [0.1, 0.15) is 11.2 Å². The second-order valence-electron chi connectivity index (χ2n) is 10.3. The van der Waals surface area contributed by atoms with E-state index in [1.54, 1.807) is 22.6 Å². The number of hydrogen-bond donors (Lipinski definition) is 2. The van der Waals surface area contributed by atoms with Gasteiger partial charge in [-0.1, -0.05) is 23.8 Å². The highest BCUT2D eigenvalue weighted by molar-refractivity contribution is 6.03. The van der Waals surface area contributed by atoms with Gasteiger partial charge in [-0.15, -0.1) is 0 Å². The van der Waals surface area contributed by atoms with Crippen molar-refractivity contribution in [2.24, 2.45) is 5.92 Å². The van der Waals surface area contributed by atoms with Crippen LogP contribution in [0.25, 0.3) is 22.7 Å². The molecule has 1 atom stereocenters. The summed E-state index contributed by atoms with van der Waals surface area (Å²) in [5.41, 5.74) is 5.46. The molecular formula is C29H28N8O3. The van der Waals surface area contributed by atoms with Gasteiger partial charge in [0.2, 0.25) is 17.8 Å². The summed E-state index contributed by atoms with van der Waals surface area (Å²) in [6, 6.07) is 15.2. The Morgan fingerprint density at radius 1 is 0.950 bits per heavy atom. The third-order valence-corrected chi connectivity index (χ3v) is 7.29. The molecule has 11 heteroatoms. The molecule has 4 heterocycles. The molecule has 0 spiro atoms. The first-order valence-corrected chi connectivity index (χ1v) is 13.0. The van der Waals surface area contributed by atoms with E-state index in [0.29, 0.717) is 22.5 Å². The van der Waals surface area contributed by atoms with Crippen molar-refractivity contribution in [2.75, 3.05) is 16.8 Å². The van der Waals surface area contributed by atoms with Crippen LogP contribution in [0.1, 0.15) is 28.8 Å². The number of aryl methyl sites for hydroxylation is 4. The minimum absolute atomic E-state index is 0.100. The second kappa shape index (κ2) is 9.60. The molecule has 1 fully saturated rings. The molecule has 3 aromatic heterocycles. The number of fused-ring (bicyclic) bond motifs is 1. The molecule has 202 valence electrons. The largest absolute Gasteiger partial charge is 0.312 e. The molecule has 1 aliphatic rings. The number of aromatic nitrogens is 6. The van der Waals surface area contributed by atoms with Gasteiger partial charge in [-0.3, -0.25) is 19.4 Å². The lowest BCUT2D eigenvalue weighted by molar-refractivity contribution is -0.122. The molecule has 0 bridgehead atoms. The highest BCUT2D eigenvalue weighted by Crippen LogP contribution is 2.27. The molecule has 2 aromatic carbocycles. The summed E-state index contributed by atoms with van der Waals surface area (Å²) in [6.45, 7) is 8.07. The summed E-state index contributed by atoms with van der Waals surface area (Å²) in [7, 11) is 0. The van der Waals surface area contributed by atoms with Crippen LogP contribution in [0.5, 0.6) is 0 Å². The van der Waals surface area contributed by atoms with Gasteiger partial charge >= 0.3 is 0 Å². The van der Waals surface area contributed by atoms with Crippen LogP contribution in [0, 0.1) is 33.6 Å². The van der Waals surface area contributed by atoms with Crippen molar-refractivity contribution < 1.29 is 9.59 Å². The Bertz CT molecular complexity index is 1850. The molecule has 5 aromatic rings. The predicted octanol–water partition coefficient (Wildman–Crippen LogP) is 3.52. The first-order chi connectivity index (χ1) is 19.2. The van der Waals surface area contributed by atoms with E-state index in [0.717, 1.165) is 28.1 Å². The molecular weight excluding hydrogens is 508 g/mol. The van der Waals surface area contributed by atoms with Gasteiger partial charge in [0, 0.05) is 24.7 Å². The molecule has 0 aliphatic carbocycles. The number of hydrogen-bond acceptors (Lipinski definition) is 6. The molecule has 1 saturated heterocycles. The van der Waals surface area contributed by atoms with Crippen LogP contribution >= 0.6 is 0 Å². The van der Waals surface area contributed by atoms with Crippen LogP contribution < -0.4 is 15.8 Å². The van der Waals surface area contributed by atoms with E-state index in [4.69, 9.17) is 0 Å². The highest BCUT2D eigenvalue weighted by atomic mass is 16.2. The van der Waals surface area contributed by atoms with Crippen LogP contribution in [0.3, 0.4) is 0 Å². The number of rotatable bonds is 5. The lowest BCUT2D eigenvalue weighted by Crippen LogP contribution is -2.28. The number of anilines is 2. The third kappa shape index (κ3) is 4.45. The van der Waals surface area contributed by atoms with E-state index in [2.05, 4.69) is 25.5 Å². The maximum atomic E-state index is 13.3. The number of H-pyrrole nitrogens is 1. The van der Waals surface area contributed by atoms with Crippen molar-refractivity contribution in [3.63, 3.8) is 0 Å². The van der Waals surface area contributed by atoms with Gasteiger partial charge in [-0.2, -0.15) is 19.9 Å². The summed E-state index contributed by atoms with van der Waals surface area (Å²) < 4.78 is 3.00. The zero-order valence-electron chi connectivity index (χ0n) is 22.6. The van der Waals surface area contributed by atoms with Crippen LogP contribution in [0.15, 0.2) is 59.5 Å². The fourth-order valence-corrected chi connectivity index (χ4v) is 4.89. The van der Waals surface area contributed by atoms with Crippen molar-refractivity contribution in [2.45, 2.75) is 34.1 Å². The van der Waals surface area contributed by atoms with Crippen LogP contribution in [0.2, 0.25) is 0 Å². The summed E-state index contributed by atoms with van der Waals surface area (Å²) in [5.74, 6) is -0.491. The number of carbonyl (C=O) groups excluding carboxylic acids is 2. The van der Waals surface area contributed by atoms with Gasteiger partial charge in [0.15, 0.2) is 5.65 Å². The monoisotopic (exact) mass is 536 g/mol. The minimum atomic E-state index is -0.543. The number of nitrogens with zero attached hydrogens (tertiary/aromatic N) is 6. The standard InChI is InChI=1S/C29H28N8O3/c1-16-5-8-21(9-6-16)35-15-20(13-25(35)38)27(39)31-24-12-19(4)34-37(24)29-32-26-23(28(40)33-29)14-30-36(26)22-10-7-17(2)18(3)11-22/h5-12,14,20H,13,15H2,1-4H3,(H,31,39)(H,32,33,40). The zero-order chi connectivity index (χ0) is 28.1. The average Bonchev–Trinajstić information content (AvgIpc) is 3.63. The fourth-order valence-electron chi connectivity index (χ4n) is 4.89. The average molecular weight is 537 g/mol. The van der Waals surface area contributed by atoms with Crippen molar-refractivity contribution in [1.29, 1.82) is 0 Å². The van der Waals surface area contributed by atoms with E-state index in [1.165, 1.54) is 10.9 Å². The van der Waals surface area contributed by atoms with E-state index in [9.17, 15) is 14.4 Å². The molecule has 0 radical (unpaired) electrons. The number of amides is 2. The molecule has 2 N–H and O–H groups in total. The molecule has 0 saturated carbocycles. The minimum Gasteiger partial charge on any atom is -0.312 e. The van der Waals surface area contributed by atoms with Crippen molar-refractivity contribution >= 4 is 34.4 Å². The van der Waals surface area contributed by atoms with Crippen molar-refractivity contribution in [3.8, 4) is 11.6 Å². The molecule has 6 rings (SSSR count). The van der Waals surface area contributed by atoms with E-state index >= 15 is 0 Å². The molecule has 1 aliphatic heterocycles. The maximum Gasteiger partial charge on any atom is 0.263 e. The normalized spacial score (nSPS) is 15.2. The van der Waals surface area contributed by atoms with E-state index < -0.39 is 5.92 Å². The quantitative estimate of drug-likeness (QED) is 0.353. The van der Waals surface area contributed by atoms with E-state index in [1.807, 2.05) is 63.2 Å². The second-order valence-corrected chi connectivity index (χ2v) is 10.3. The SMILES string of the molecule is Cc1ccc(N2CC(C(=O)Nc3cc(C)nn3-c3nc4c(cnn4-c4ccc(C)c(C)c4)c(=O)[nH]3)CC2=O)cc1. The van der Waals surface area contributed by atoms with Gasteiger partial charge in [-0.05, 0) is 63.1 Å². The number of carbonyl (C=O) groups is 2. The Hall–Kier alpha value is -5.06. The Labute approximate surface area is 229 Å². The fraction of sp³-hybridized carbons (Fsp3) is 0.241. The van der Waals surface area contributed by atoms with E-state index in [-0.39, 0.29) is 36.3 Å². The molecule has 2 amide bonds. The Morgan fingerprint density at radius 2 is 1.70 bits per heavy atom. The van der Waals surface area contributed by atoms with Crippen LogP contribution in [-0.2, 0) is 9.59 Å². The highest BCUT2D eigenvalue weighted by Gasteiger charge is 2.35. The topological polar surface area (TPSA) is 131 Å². The summed E-state index contributed by atoms with van der Waals surface area (Å²) in [6.07, 6.45) is 1.58. The number of nitrogens with one attached hydrogen (secondary N) is 2. The van der Waals surface area contributed by atoms with Gasteiger partial charge in [-0.25, -0.2) is 4.68 Å². The first-order valence-electron chi connectivity index (χ1n) is 13.0. The number of aromatic amines is 1.